The fraction of sp³-hybridized carbons (Fsp3) is 0.571. The third kappa shape index (κ3) is 6.11. The van der Waals surface area contributed by atoms with Crippen LogP contribution in [0.2, 0.25) is 0 Å². The SMILES string of the molecule is Cl.FC(F)(F)c1ccc(OCCOC2CCNCC2)cc1. The monoisotopic (exact) mass is 325 g/mol. The molecule has 0 aliphatic carbocycles. The summed E-state index contributed by atoms with van der Waals surface area (Å²) in [4.78, 5) is 0. The second kappa shape index (κ2) is 8.46. The molecule has 1 N–H and O–H groups in total. The lowest BCUT2D eigenvalue weighted by Crippen LogP contribution is -2.33. The summed E-state index contributed by atoms with van der Waals surface area (Å²) in [5, 5.41) is 3.25. The highest BCUT2D eigenvalue weighted by atomic mass is 35.5. The van der Waals surface area contributed by atoms with Gasteiger partial charge in [0.2, 0.25) is 0 Å². The molecule has 3 nitrogen and oxygen atoms in total. The summed E-state index contributed by atoms with van der Waals surface area (Å²) >= 11 is 0. The molecule has 1 saturated heterocycles. The van der Waals surface area contributed by atoms with Crippen molar-refractivity contribution in [3.8, 4) is 5.75 Å². The van der Waals surface area contributed by atoms with E-state index in [0.29, 0.717) is 19.0 Å². The number of halogens is 4. The molecule has 0 bridgehead atoms. The van der Waals surface area contributed by atoms with Crippen molar-refractivity contribution in [1.29, 1.82) is 0 Å². The van der Waals surface area contributed by atoms with Crippen LogP contribution in [0.25, 0.3) is 0 Å². The average molecular weight is 326 g/mol. The molecule has 1 aromatic carbocycles. The van der Waals surface area contributed by atoms with Gasteiger partial charge in [0.25, 0.3) is 0 Å². The summed E-state index contributed by atoms with van der Waals surface area (Å²) < 4.78 is 48.1. The van der Waals surface area contributed by atoms with Crippen LogP contribution in [0.3, 0.4) is 0 Å². The standard InChI is InChI=1S/C14H18F3NO2.ClH/c15-14(16,17)11-1-3-12(4-2-11)19-9-10-20-13-5-7-18-8-6-13;/h1-4,13,18H,5-10H2;1H. The van der Waals surface area contributed by atoms with E-state index in [0.717, 1.165) is 38.1 Å². The van der Waals surface area contributed by atoms with E-state index in [1.54, 1.807) is 0 Å². The van der Waals surface area contributed by atoms with Crippen molar-refractivity contribution in [3.63, 3.8) is 0 Å². The molecular formula is C14H19ClF3NO2. The maximum atomic E-state index is 12.4. The van der Waals surface area contributed by atoms with Crippen LogP contribution in [0.5, 0.6) is 5.75 Å². The summed E-state index contributed by atoms with van der Waals surface area (Å²) in [6.45, 7) is 2.72. The van der Waals surface area contributed by atoms with Crippen molar-refractivity contribution in [1.82, 2.24) is 5.32 Å². The highest BCUT2D eigenvalue weighted by molar-refractivity contribution is 5.85. The van der Waals surface area contributed by atoms with E-state index in [9.17, 15) is 13.2 Å². The van der Waals surface area contributed by atoms with E-state index in [4.69, 9.17) is 9.47 Å². The van der Waals surface area contributed by atoms with E-state index < -0.39 is 11.7 Å². The second-order valence-corrected chi connectivity index (χ2v) is 4.69. The summed E-state index contributed by atoms with van der Waals surface area (Å²) in [5.41, 5.74) is -0.671. The number of ether oxygens (including phenoxy) is 2. The molecule has 0 aromatic heterocycles. The minimum Gasteiger partial charge on any atom is -0.491 e. The molecule has 7 heteroatoms. The lowest BCUT2D eigenvalue weighted by molar-refractivity contribution is -0.137. The van der Waals surface area contributed by atoms with Crippen LogP contribution < -0.4 is 10.1 Å². The predicted octanol–water partition coefficient (Wildman–Crippen LogP) is 3.27. The van der Waals surface area contributed by atoms with Gasteiger partial charge in [-0.2, -0.15) is 13.2 Å². The predicted molar refractivity (Wildman–Crippen MR) is 76.0 cm³/mol. The number of alkyl halides is 3. The Labute approximate surface area is 128 Å². The highest BCUT2D eigenvalue weighted by Crippen LogP contribution is 2.30. The van der Waals surface area contributed by atoms with Crippen LogP contribution in [0.15, 0.2) is 24.3 Å². The fourth-order valence-electron chi connectivity index (χ4n) is 2.08. The zero-order chi connectivity index (χ0) is 14.4. The molecule has 21 heavy (non-hydrogen) atoms. The lowest BCUT2D eigenvalue weighted by atomic mass is 10.1. The first-order valence-corrected chi connectivity index (χ1v) is 6.68. The van der Waals surface area contributed by atoms with E-state index in [-0.39, 0.29) is 18.5 Å². The highest BCUT2D eigenvalue weighted by Gasteiger charge is 2.29. The Morgan fingerprint density at radius 1 is 1.05 bits per heavy atom. The van der Waals surface area contributed by atoms with Crippen molar-refractivity contribution in [2.45, 2.75) is 25.1 Å². The normalized spacial score (nSPS) is 16.3. The number of benzene rings is 1. The number of hydrogen-bond acceptors (Lipinski definition) is 3. The zero-order valence-corrected chi connectivity index (χ0v) is 12.3. The van der Waals surface area contributed by atoms with E-state index >= 15 is 0 Å². The topological polar surface area (TPSA) is 30.5 Å². The quantitative estimate of drug-likeness (QED) is 0.843. The Kier molecular flexibility index (Phi) is 7.28. The molecule has 0 spiro atoms. The summed E-state index contributed by atoms with van der Waals surface area (Å²) in [6, 6.07) is 4.69. The van der Waals surface area contributed by atoms with Crippen LogP contribution in [0.4, 0.5) is 13.2 Å². The Morgan fingerprint density at radius 2 is 1.67 bits per heavy atom. The molecule has 0 radical (unpaired) electrons. The first-order chi connectivity index (χ1) is 9.55. The van der Waals surface area contributed by atoms with Gasteiger partial charge in [-0.15, -0.1) is 12.4 Å². The van der Waals surface area contributed by atoms with Gasteiger partial charge in [0.05, 0.1) is 18.3 Å². The van der Waals surface area contributed by atoms with Gasteiger partial charge < -0.3 is 14.8 Å². The van der Waals surface area contributed by atoms with Gasteiger partial charge in [0.15, 0.2) is 0 Å². The largest absolute Gasteiger partial charge is 0.491 e. The molecule has 0 amide bonds. The molecule has 1 heterocycles. The molecule has 120 valence electrons. The van der Waals surface area contributed by atoms with E-state index in [1.807, 2.05) is 0 Å². The Morgan fingerprint density at radius 3 is 2.24 bits per heavy atom. The van der Waals surface area contributed by atoms with Crippen molar-refractivity contribution in [3.05, 3.63) is 29.8 Å². The average Bonchev–Trinajstić information content (AvgIpc) is 2.44. The molecule has 2 rings (SSSR count). The zero-order valence-electron chi connectivity index (χ0n) is 11.5. The number of nitrogens with one attached hydrogen (secondary N) is 1. The van der Waals surface area contributed by atoms with Gasteiger partial charge in [-0.1, -0.05) is 0 Å². The summed E-state index contributed by atoms with van der Waals surface area (Å²) in [6.07, 6.45) is -2.08. The maximum Gasteiger partial charge on any atom is 0.416 e. The first kappa shape index (κ1) is 18.1. The lowest BCUT2D eigenvalue weighted by Gasteiger charge is -2.22. The second-order valence-electron chi connectivity index (χ2n) is 4.69. The van der Waals surface area contributed by atoms with Gasteiger partial charge in [-0.05, 0) is 50.2 Å². The third-order valence-electron chi connectivity index (χ3n) is 3.17. The van der Waals surface area contributed by atoms with Gasteiger partial charge in [-0.25, -0.2) is 0 Å². The molecular weight excluding hydrogens is 307 g/mol. The van der Waals surface area contributed by atoms with Gasteiger partial charge in [0, 0.05) is 0 Å². The molecule has 0 saturated carbocycles. The molecule has 1 fully saturated rings. The van der Waals surface area contributed by atoms with Crippen LogP contribution in [0.1, 0.15) is 18.4 Å². The molecule has 1 aromatic rings. The number of rotatable bonds is 5. The third-order valence-corrected chi connectivity index (χ3v) is 3.17. The molecule has 0 unspecified atom stereocenters. The maximum absolute atomic E-state index is 12.4. The smallest absolute Gasteiger partial charge is 0.416 e. The van der Waals surface area contributed by atoms with Gasteiger partial charge in [0.1, 0.15) is 12.4 Å². The van der Waals surface area contributed by atoms with Crippen molar-refractivity contribution < 1.29 is 22.6 Å². The molecule has 0 atom stereocenters. The molecule has 1 aliphatic heterocycles. The van der Waals surface area contributed by atoms with Crippen molar-refractivity contribution >= 4 is 12.4 Å². The summed E-state index contributed by atoms with van der Waals surface area (Å²) in [7, 11) is 0. The fourth-order valence-corrected chi connectivity index (χ4v) is 2.08. The minimum absolute atomic E-state index is 0. The van der Waals surface area contributed by atoms with Crippen LogP contribution in [-0.4, -0.2) is 32.4 Å². The number of piperidine rings is 1. The Hall–Kier alpha value is -0.980. The molecule has 1 aliphatic rings. The number of hydrogen-bond donors (Lipinski definition) is 1. The van der Waals surface area contributed by atoms with Crippen LogP contribution in [0, 0.1) is 0 Å². The minimum atomic E-state index is -4.31. The van der Waals surface area contributed by atoms with Gasteiger partial charge in [-0.3, -0.25) is 0 Å². The Balaban J connectivity index is 0.00000220. The van der Waals surface area contributed by atoms with Crippen LogP contribution >= 0.6 is 12.4 Å². The van der Waals surface area contributed by atoms with Crippen molar-refractivity contribution in [2.24, 2.45) is 0 Å². The first-order valence-electron chi connectivity index (χ1n) is 6.68. The van der Waals surface area contributed by atoms with Crippen molar-refractivity contribution in [2.75, 3.05) is 26.3 Å². The van der Waals surface area contributed by atoms with E-state index in [1.165, 1.54) is 12.1 Å². The summed E-state index contributed by atoms with van der Waals surface area (Å²) in [5.74, 6) is 0.423. The Bertz CT molecular complexity index is 406. The van der Waals surface area contributed by atoms with E-state index in [2.05, 4.69) is 5.32 Å². The van der Waals surface area contributed by atoms with Crippen LogP contribution in [-0.2, 0) is 10.9 Å². The van der Waals surface area contributed by atoms with Gasteiger partial charge >= 0.3 is 6.18 Å².